The zero-order chi connectivity index (χ0) is 13.2. The van der Waals surface area contributed by atoms with Gasteiger partial charge in [-0.2, -0.15) is 0 Å². The van der Waals surface area contributed by atoms with Crippen LogP contribution in [0.1, 0.15) is 38.5 Å². The third-order valence-corrected chi connectivity index (χ3v) is 5.12. The van der Waals surface area contributed by atoms with Crippen LogP contribution in [0.3, 0.4) is 0 Å². The molecule has 124 valence electrons. The monoisotopic (exact) mass is 337 g/mol. The fourth-order valence-corrected chi connectivity index (χ4v) is 4.13. The molecule has 3 aliphatic rings. The van der Waals surface area contributed by atoms with Gasteiger partial charge in [0, 0.05) is 31.6 Å². The normalized spacial score (nSPS) is 34.9. The van der Waals surface area contributed by atoms with Gasteiger partial charge in [-0.15, -0.1) is 24.8 Å². The minimum absolute atomic E-state index is 0. The first-order valence-electron chi connectivity index (χ1n) is 7.90. The Morgan fingerprint density at radius 3 is 2.38 bits per heavy atom. The fraction of sp³-hybridized carbons (Fsp3) is 0.933. The first-order valence-corrected chi connectivity index (χ1v) is 7.90. The maximum atomic E-state index is 12.0. The van der Waals surface area contributed by atoms with Gasteiger partial charge in [0.25, 0.3) is 0 Å². The molecule has 21 heavy (non-hydrogen) atoms. The van der Waals surface area contributed by atoms with Crippen LogP contribution in [0.15, 0.2) is 0 Å². The predicted octanol–water partition coefficient (Wildman–Crippen LogP) is 1.82. The summed E-state index contributed by atoms with van der Waals surface area (Å²) >= 11 is 0. The van der Waals surface area contributed by atoms with Gasteiger partial charge in [-0.1, -0.05) is 0 Å². The molecule has 0 aromatic rings. The Bertz CT molecular complexity index is 331. The maximum Gasteiger partial charge on any atom is 0.220 e. The number of piperidine rings is 1. The summed E-state index contributed by atoms with van der Waals surface area (Å²) < 4.78 is 0. The number of fused-ring (bicyclic) bond motifs is 2. The van der Waals surface area contributed by atoms with Gasteiger partial charge >= 0.3 is 0 Å². The van der Waals surface area contributed by atoms with E-state index in [-0.39, 0.29) is 30.7 Å². The number of hydrogen-bond acceptors (Lipinski definition) is 3. The van der Waals surface area contributed by atoms with Crippen molar-refractivity contribution in [2.45, 2.75) is 50.6 Å². The highest BCUT2D eigenvalue weighted by Gasteiger charge is 2.34. The van der Waals surface area contributed by atoms with Crippen molar-refractivity contribution in [2.75, 3.05) is 26.7 Å². The lowest BCUT2D eigenvalue weighted by Crippen LogP contribution is -2.40. The van der Waals surface area contributed by atoms with Crippen molar-refractivity contribution in [1.82, 2.24) is 15.5 Å². The molecule has 3 saturated heterocycles. The summed E-state index contributed by atoms with van der Waals surface area (Å²) in [5.74, 6) is 1.56. The second-order valence-electron chi connectivity index (χ2n) is 6.90. The van der Waals surface area contributed by atoms with E-state index in [1.807, 2.05) is 0 Å². The largest absolute Gasteiger partial charge is 0.356 e. The number of hydrogen-bond donors (Lipinski definition) is 2. The van der Waals surface area contributed by atoms with Crippen LogP contribution in [-0.4, -0.2) is 49.6 Å². The van der Waals surface area contributed by atoms with Gasteiger partial charge in [0.15, 0.2) is 0 Å². The molecule has 3 aliphatic heterocycles. The third kappa shape index (κ3) is 5.27. The van der Waals surface area contributed by atoms with Crippen molar-refractivity contribution in [3.63, 3.8) is 0 Å². The van der Waals surface area contributed by atoms with E-state index in [0.29, 0.717) is 23.9 Å². The lowest BCUT2D eigenvalue weighted by Gasteiger charge is -2.28. The Hall–Kier alpha value is -0.0300. The number of nitrogens with zero attached hydrogens (tertiary/aromatic N) is 1. The molecule has 6 heteroatoms. The van der Waals surface area contributed by atoms with Crippen LogP contribution in [0.4, 0.5) is 0 Å². The number of halogens is 2. The highest BCUT2D eigenvalue weighted by atomic mass is 35.5. The number of carbonyl (C=O) groups is 1. The molecule has 3 rings (SSSR count). The van der Waals surface area contributed by atoms with E-state index < -0.39 is 0 Å². The first kappa shape index (κ1) is 19.0. The van der Waals surface area contributed by atoms with E-state index in [4.69, 9.17) is 0 Å². The van der Waals surface area contributed by atoms with Gasteiger partial charge in [-0.25, -0.2) is 0 Å². The Morgan fingerprint density at radius 1 is 1.14 bits per heavy atom. The van der Waals surface area contributed by atoms with Crippen LogP contribution in [-0.2, 0) is 4.79 Å². The van der Waals surface area contributed by atoms with Crippen LogP contribution in [0.5, 0.6) is 0 Å². The number of rotatable bonds is 4. The zero-order valence-electron chi connectivity index (χ0n) is 12.8. The van der Waals surface area contributed by atoms with Crippen molar-refractivity contribution in [3.8, 4) is 0 Å². The molecule has 3 heterocycles. The summed E-state index contributed by atoms with van der Waals surface area (Å²) in [5, 5.41) is 6.79. The van der Waals surface area contributed by atoms with Gasteiger partial charge in [0.05, 0.1) is 0 Å². The van der Waals surface area contributed by atoms with Crippen LogP contribution >= 0.6 is 24.8 Å². The van der Waals surface area contributed by atoms with E-state index in [1.54, 1.807) is 0 Å². The molecule has 2 N–H and O–H groups in total. The van der Waals surface area contributed by atoms with Crippen molar-refractivity contribution in [1.29, 1.82) is 0 Å². The lowest BCUT2D eigenvalue weighted by molar-refractivity contribution is -0.122. The molecule has 4 nitrogen and oxygen atoms in total. The molecule has 0 aliphatic carbocycles. The van der Waals surface area contributed by atoms with Crippen LogP contribution in [0.2, 0.25) is 0 Å². The summed E-state index contributed by atoms with van der Waals surface area (Å²) in [6, 6.07) is 1.39. The van der Waals surface area contributed by atoms with E-state index in [1.165, 1.54) is 38.6 Å². The third-order valence-electron chi connectivity index (χ3n) is 5.12. The molecule has 2 bridgehead atoms. The molecule has 0 spiro atoms. The van der Waals surface area contributed by atoms with Crippen LogP contribution in [0, 0.1) is 11.8 Å². The average Bonchev–Trinajstić information content (AvgIpc) is 2.93. The summed E-state index contributed by atoms with van der Waals surface area (Å²) in [7, 11) is 2.16. The van der Waals surface area contributed by atoms with E-state index in [9.17, 15) is 4.79 Å². The molecule has 1 amide bonds. The van der Waals surface area contributed by atoms with Crippen molar-refractivity contribution < 1.29 is 4.79 Å². The van der Waals surface area contributed by atoms with Crippen molar-refractivity contribution >= 4 is 30.7 Å². The standard InChI is InChI=1S/C15H27N3O.2ClH/c1-18-5-4-11(10-18)9-16-15(19)8-12-6-13-2-3-14(7-12)17-13;;/h11-14,17H,2-10H2,1H3,(H,16,19);2*1H. The molecular formula is C15H29Cl2N3O. The smallest absolute Gasteiger partial charge is 0.220 e. The van der Waals surface area contributed by atoms with Gasteiger partial charge in [0.1, 0.15) is 0 Å². The SMILES string of the molecule is CN1CCC(CNC(=O)CC2CC3CCC(C2)N3)C1.Cl.Cl. The van der Waals surface area contributed by atoms with Gasteiger partial charge in [-0.3, -0.25) is 4.79 Å². The van der Waals surface area contributed by atoms with Crippen molar-refractivity contribution in [2.24, 2.45) is 11.8 Å². The molecule has 0 radical (unpaired) electrons. The summed E-state index contributed by atoms with van der Waals surface area (Å²) in [4.78, 5) is 14.4. The topological polar surface area (TPSA) is 44.4 Å². The minimum Gasteiger partial charge on any atom is -0.356 e. The number of nitrogens with one attached hydrogen (secondary N) is 2. The average molecular weight is 338 g/mol. The Balaban J connectivity index is 0.00000110. The Morgan fingerprint density at radius 2 is 1.81 bits per heavy atom. The number of likely N-dealkylation sites (tertiary alicyclic amines) is 1. The van der Waals surface area contributed by atoms with Crippen LogP contribution < -0.4 is 10.6 Å². The second kappa shape index (κ2) is 8.56. The maximum absolute atomic E-state index is 12.0. The van der Waals surface area contributed by atoms with Gasteiger partial charge in [-0.05, 0) is 57.5 Å². The molecule has 3 fully saturated rings. The number of carbonyl (C=O) groups excluding carboxylic acids is 1. The Kier molecular flexibility index (Phi) is 7.75. The summed E-state index contributed by atoms with van der Waals surface area (Å²) in [6.07, 6.45) is 7.02. The quantitative estimate of drug-likeness (QED) is 0.822. The van der Waals surface area contributed by atoms with Crippen LogP contribution in [0.25, 0.3) is 0 Å². The zero-order valence-corrected chi connectivity index (χ0v) is 14.5. The van der Waals surface area contributed by atoms with Gasteiger partial charge in [0.2, 0.25) is 5.91 Å². The predicted molar refractivity (Wildman–Crippen MR) is 90.4 cm³/mol. The molecule has 0 aromatic carbocycles. The minimum atomic E-state index is 0. The Labute approximate surface area is 140 Å². The summed E-state index contributed by atoms with van der Waals surface area (Å²) in [5.41, 5.74) is 0. The van der Waals surface area contributed by atoms with Gasteiger partial charge < -0.3 is 15.5 Å². The lowest BCUT2D eigenvalue weighted by atomic mass is 9.89. The molecule has 3 atom stereocenters. The van der Waals surface area contributed by atoms with E-state index >= 15 is 0 Å². The van der Waals surface area contributed by atoms with E-state index in [0.717, 1.165) is 19.5 Å². The summed E-state index contributed by atoms with van der Waals surface area (Å²) in [6.45, 7) is 3.19. The highest BCUT2D eigenvalue weighted by molar-refractivity contribution is 5.85. The number of amides is 1. The molecule has 3 unspecified atom stereocenters. The second-order valence-corrected chi connectivity index (χ2v) is 6.90. The highest BCUT2D eigenvalue weighted by Crippen LogP contribution is 2.32. The molecule has 0 aromatic heterocycles. The van der Waals surface area contributed by atoms with E-state index in [2.05, 4.69) is 22.6 Å². The molecule has 0 saturated carbocycles. The molecular weight excluding hydrogens is 309 g/mol. The fourth-order valence-electron chi connectivity index (χ4n) is 4.13. The van der Waals surface area contributed by atoms with Crippen molar-refractivity contribution in [3.05, 3.63) is 0 Å². The first-order chi connectivity index (χ1) is 9.19.